The van der Waals surface area contributed by atoms with Crippen molar-refractivity contribution in [1.82, 2.24) is 14.1 Å². The van der Waals surface area contributed by atoms with E-state index in [0.717, 1.165) is 35.0 Å². The van der Waals surface area contributed by atoms with Gasteiger partial charge in [0, 0.05) is 50.8 Å². The van der Waals surface area contributed by atoms with Crippen LogP contribution in [-0.2, 0) is 23.2 Å². The molecule has 0 radical (unpaired) electrons. The minimum absolute atomic E-state index is 0.107. The molecule has 1 aliphatic rings. The normalized spacial score (nSPS) is 15.2. The number of piperazine rings is 1. The number of amides is 1. The first kappa shape index (κ1) is 25.7. The molecule has 0 bridgehead atoms. The van der Waals surface area contributed by atoms with Crippen molar-refractivity contribution in [3.05, 3.63) is 70.9 Å². The molecule has 1 N–H and O–H groups in total. The third-order valence-electron chi connectivity index (χ3n) is 6.23. The van der Waals surface area contributed by atoms with Crippen LogP contribution >= 0.6 is 0 Å². The number of anilines is 2. The summed E-state index contributed by atoms with van der Waals surface area (Å²) in [6.07, 6.45) is -3.34. The number of hydrogen-bond donors (Lipinski definition) is 1. The maximum absolute atomic E-state index is 13.4. The highest BCUT2D eigenvalue weighted by Crippen LogP contribution is 2.31. The van der Waals surface area contributed by atoms with Crippen molar-refractivity contribution in [2.24, 2.45) is 7.05 Å². The van der Waals surface area contributed by atoms with Crippen LogP contribution in [0.1, 0.15) is 27.0 Å². The van der Waals surface area contributed by atoms with Crippen LogP contribution < -0.4 is 10.2 Å². The molecule has 1 aromatic heterocycles. The topological polar surface area (TPSA) is 87.5 Å². The zero-order chi connectivity index (χ0) is 26.3. The van der Waals surface area contributed by atoms with E-state index in [1.165, 1.54) is 28.3 Å². The summed E-state index contributed by atoms with van der Waals surface area (Å²) in [4.78, 5) is 15.0. The van der Waals surface area contributed by atoms with Gasteiger partial charge in [-0.2, -0.15) is 22.6 Å². The van der Waals surface area contributed by atoms with Gasteiger partial charge in [0.1, 0.15) is 0 Å². The van der Waals surface area contributed by atoms with E-state index in [9.17, 15) is 26.4 Å². The molecule has 8 nitrogen and oxygen atoms in total. The SMILES string of the molecule is Cc1cccc(N2CCN(S(=O)(=O)c3nn(C)cc3C(=O)Nc3cccc(C(F)(F)F)c3)CC2)c1C. The zero-order valence-corrected chi connectivity index (χ0v) is 20.8. The summed E-state index contributed by atoms with van der Waals surface area (Å²) in [6, 6.07) is 10.1. The number of sulfonamides is 1. The van der Waals surface area contributed by atoms with Crippen LogP contribution in [0.25, 0.3) is 0 Å². The molecule has 1 fully saturated rings. The molecule has 0 aliphatic carbocycles. The molecule has 0 unspecified atom stereocenters. The van der Waals surface area contributed by atoms with Crippen molar-refractivity contribution in [2.75, 3.05) is 36.4 Å². The molecule has 4 rings (SSSR count). The maximum atomic E-state index is 13.4. The zero-order valence-electron chi connectivity index (χ0n) is 20.0. The predicted molar refractivity (Wildman–Crippen MR) is 129 cm³/mol. The summed E-state index contributed by atoms with van der Waals surface area (Å²) in [5.74, 6) is -0.866. The van der Waals surface area contributed by atoms with Gasteiger partial charge < -0.3 is 10.2 Å². The molecule has 0 atom stereocenters. The van der Waals surface area contributed by atoms with E-state index in [2.05, 4.69) is 15.3 Å². The fourth-order valence-electron chi connectivity index (χ4n) is 4.16. The Morgan fingerprint density at radius 1 is 1.03 bits per heavy atom. The Morgan fingerprint density at radius 3 is 2.36 bits per heavy atom. The van der Waals surface area contributed by atoms with Crippen LogP contribution in [0, 0.1) is 13.8 Å². The molecule has 2 aromatic carbocycles. The minimum Gasteiger partial charge on any atom is -0.369 e. The lowest BCUT2D eigenvalue weighted by Crippen LogP contribution is -2.49. The van der Waals surface area contributed by atoms with E-state index in [1.54, 1.807) is 0 Å². The number of aromatic nitrogens is 2. The monoisotopic (exact) mass is 521 g/mol. The van der Waals surface area contributed by atoms with Crippen LogP contribution in [0.4, 0.5) is 24.5 Å². The van der Waals surface area contributed by atoms with Gasteiger partial charge in [0.15, 0.2) is 0 Å². The molecule has 0 saturated carbocycles. The molecular weight excluding hydrogens is 495 g/mol. The van der Waals surface area contributed by atoms with Gasteiger partial charge in [-0.05, 0) is 49.2 Å². The lowest BCUT2D eigenvalue weighted by atomic mass is 10.1. The molecule has 192 valence electrons. The quantitative estimate of drug-likeness (QED) is 0.552. The molecule has 0 spiro atoms. The van der Waals surface area contributed by atoms with Gasteiger partial charge in [-0.3, -0.25) is 9.48 Å². The third-order valence-corrected chi connectivity index (χ3v) is 8.06. The molecule has 1 aliphatic heterocycles. The highest BCUT2D eigenvalue weighted by molar-refractivity contribution is 7.89. The number of nitrogens with one attached hydrogen (secondary N) is 1. The Kier molecular flexibility index (Phi) is 6.84. The first-order valence-electron chi connectivity index (χ1n) is 11.2. The van der Waals surface area contributed by atoms with Crippen molar-refractivity contribution >= 4 is 27.3 Å². The average molecular weight is 522 g/mol. The molecule has 1 amide bonds. The minimum atomic E-state index is -4.58. The molecule has 36 heavy (non-hydrogen) atoms. The van der Waals surface area contributed by atoms with Gasteiger partial charge in [0.2, 0.25) is 5.03 Å². The van der Waals surface area contributed by atoms with E-state index in [-0.39, 0.29) is 24.3 Å². The lowest BCUT2D eigenvalue weighted by molar-refractivity contribution is -0.137. The number of carbonyl (C=O) groups is 1. The van der Waals surface area contributed by atoms with Gasteiger partial charge >= 0.3 is 6.18 Å². The van der Waals surface area contributed by atoms with Crippen molar-refractivity contribution < 1.29 is 26.4 Å². The van der Waals surface area contributed by atoms with Gasteiger partial charge in [0.25, 0.3) is 15.9 Å². The number of carbonyl (C=O) groups excluding carboxylic acids is 1. The third kappa shape index (κ3) is 5.09. The highest BCUT2D eigenvalue weighted by Gasteiger charge is 2.35. The van der Waals surface area contributed by atoms with Gasteiger partial charge in [-0.1, -0.05) is 18.2 Å². The number of benzene rings is 2. The van der Waals surface area contributed by atoms with Crippen molar-refractivity contribution in [3.63, 3.8) is 0 Å². The Bertz CT molecular complexity index is 1390. The molecule has 12 heteroatoms. The summed E-state index contributed by atoms with van der Waals surface area (Å²) in [5, 5.41) is 5.93. The first-order chi connectivity index (χ1) is 16.9. The standard InChI is InChI=1S/C24H26F3N5O3S/c1-16-6-4-9-21(17(16)2)31-10-12-32(13-11-31)36(34,35)23-20(15-30(3)29-23)22(33)28-19-8-5-7-18(14-19)24(25,26)27/h4-9,14-15H,10-13H2,1-3H3,(H,28,33). The second-order valence-corrected chi connectivity index (χ2v) is 10.5. The van der Waals surface area contributed by atoms with Crippen LogP contribution in [-0.4, -0.2) is 54.6 Å². The smallest absolute Gasteiger partial charge is 0.369 e. The second kappa shape index (κ2) is 9.58. The number of hydrogen-bond acceptors (Lipinski definition) is 5. The lowest BCUT2D eigenvalue weighted by Gasteiger charge is -2.36. The van der Waals surface area contributed by atoms with E-state index in [4.69, 9.17) is 0 Å². The number of aryl methyl sites for hydroxylation is 2. The van der Waals surface area contributed by atoms with Crippen molar-refractivity contribution in [3.8, 4) is 0 Å². The van der Waals surface area contributed by atoms with E-state index in [0.29, 0.717) is 13.1 Å². The van der Waals surface area contributed by atoms with Crippen LogP contribution in [0.3, 0.4) is 0 Å². The van der Waals surface area contributed by atoms with Gasteiger partial charge in [-0.15, -0.1) is 0 Å². The number of nitrogens with zero attached hydrogens (tertiary/aromatic N) is 4. The Balaban J connectivity index is 1.53. The predicted octanol–water partition coefficient (Wildman–Crippen LogP) is 3.82. The highest BCUT2D eigenvalue weighted by atomic mass is 32.2. The summed E-state index contributed by atoms with van der Waals surface area (Å²) >= 11 is 0. The van der Waals surface area contributed by atoms with Crippen molar-refractivity contribution in [2.45, 2.75) is 25.0 Å². The van der Waals surface area contributed by atoms with Crippen molar-refractivity contribution in [1.29, 1.82) is 0 Å². The largest absolute Gasteiger partial charge is 0.416 e. The van der Waals surface area contributed by atoms with Crippen LogP contribution in [0.15, 0.2) is 53.7 Å². The fraction of sp³-hybridized carbons (Fsp3) is 0.333. The van der Waals surface area contributed by atoms with Gasteiger partial charge in [0.05, 0.1) is 11.1 Å². The summed E-state index contributed by atoms with van der Waals surface area (Å²) < 4.78 is 68.4. The maximum Gasteiger partial charge on any atom is 0.416 e. The number of rotatable bonds is 5. The molecule has 2 heterocycles. The summed E-state index contributed by atoms with van der Waals surface area (Å²) in [6.45, 7) is 5.36. The van der Waals surface area contributed by atoms with Gasteiger partial charge in [-0.25, -0.2) is 8.42 Å². The van der Waals surface area contributed by atoms with E-state index < -0.39 is 32.7 Å². The molecular formula is C24H26F3N5O3S. The average Bonchev–Trinajstić information content (AvgIpc) is 3.23. The Hall–Kier alpha value is -3.38. The summed E-state index contributed by atoms with van der Waals surface area (Å²) in [5.41, 5.74) is 2.04. The second-order valence-electron chi connectivity index (χ2n) is 8.66. The fourth-order valence-corrected chi connectivity index (χ4v) is 5.70. The van der Waals surface area contributed by atoms with Crippen LogP contribution in [0.5, 0.6) is 0 Å². The molecule has 3 aromatic rings. The Labute approximate surface area is 207 Å². The molecule has 1 saturated heterocycles. The number of alkyl halides is 3. The van der Waals surface area contributed by atoms with E-state index >= 15 is 0 Å². The van der Waals surface area contributed by atoms with Crippen LogP contribution in [0.2, 0.25) is 0 Å². The summed E-state index contributed by atoms with van der Waals surface area (Å²) in [7, 11) is -2.66. The Morgan fingerprint density at radius 2 is 1.69 bits per heavy atom. The van der Waals surface area contributed by atoms with E-state index in [1.807, 2.05) is 32.0 Å². The first-order valence-corrected chi connectivity index (χ1v) is 12.7. The number of halogens is 3.